The number of fused-ring (bicyclic) bond motifs is 2. The van der Waals surface area contributed by atoms with Crippen LogP contribution in [0.5, 0.6) is 0 Å². The standard InChI is InChI=1S/C14H9N3O2S2.C7H5NS/c15-17-14(21(18,19)10-6-2-1-3-7-10)13-16-11-8-4-5-9-12(11)20-13;1-2-4-7-6(3-1)8-5-9-7/h1-9H;1-5H. The molecule has 30 heavy (non-hydrogen) atoms. The topological polar surface area (TPSA) is 96.3 Å². The smallest absolute Gasteiger partial charge is 0.360 e. The predicted octanol–water partition coefficient (Wildman–Crippen LogP) is 5.04. The van der Waals surface area contributed by atoms with E-state index in [0.717, 1.165) is 10.2 Å². The average molecular weight is 451 g/mol. The van der Waals surface area contributed by atoms with E-state index in [1.165, 1.54) is 28.2 Å². The van der Waals surface area contributed by atoms with Crippen LogP contribution in [0.4, 0.5) is 0 Å². The molecule has 0 fully saturated rings. The number of thiazole rings is 2. The maximum atomic E-state index is 12.5. The lowest BCUT2D eigenvalue weighted by atomic mass is 10.3. The Bertz CT molecular complexity index is 1400. The minimum atomic E-state index is -3.90. The number of aromatic nitrogens is 2. The molecule has 0 radical (unpaired) electrons. The predicted molar refractivity (Wildman–Crippen MR) is 121 cm³/mol. The monoisotopic (exact) mass is 450 g/mol. The van der Waals surface area contributed by atoms with Crippen molar-refractivity contribution in [1.82, 2.24) is 9.97 Å². The molecule has 3 aromatic carbocycles. The van der Waals surface area contributed by atoms with E-state index in [1.54, 1.807) is 35.6 Å². The van der Waals surface area contributed by atoms with Gasteiger partial charge >= 0.3 is 5.04 Å². The van der Waals surface area contributed by atoms with Crippen molar-refractivity contribution < 1.29 is 13.2 Å². The van der Waals surface area contributed by atoms with E-state index in [1.807, 2.05) is 41.9 Å². The molecule has 0 aliphatic heterocycles. The van der Waals surface area contributed by atoms with Crippen LogP contribution in [0.15, 0.2) is 89.3 Å². The first-order chi connectivity index (χ1) is 14.6. The quantitative estimate of drug-likeness (QED) is 0.163. The van der Waals surface area contributed by atoms with E-state index >= 15 is 0 Å². The zero-order valence-electron chi connectivity index (χ0n) is 15.4. The van der Waals surface area contributed by atoms with Crippen molar-refractivity contribution in [2.45, 2.75) is 4.90 Å². The Balaban J connectivity index is 0.000000200. The highest BCUT2D eigenvalue weighted by atomic mass is 32.2. The molecule has 0 spiro atoms. The van der Waals surface area contributed by atoms with Crippen molar-refractivity contribution in [3.05, 3.63) is 94.9 Å². The van der Waals surface area contributed by atoms with Gasteiger partial charge in [0.05, 0.1) is 30.8 Å². The van der Waals surface area contributed by atoms with Crippen LogP contribution in [-0.4, -0.2) is 28.2 Å². The van der Waals surface area contributed by atoms with Gasteiger partial charge in [-0.3, -0.25) is 0 Å². The Hall–Kier alpha value is -3.23. The first kappa shape index (κ1) is 20.1. The van der Waals surface area contributed by atoms with Gasteiger partial charge in [0.1, 0.15) is 0 Å². The summed E-state index contributed by atoms with van der Waals surface area (Å²) in [5, 5.41) is -0.266. The fourth-order valence-corrected chi connectivity index (χ4v) is 5.79. The van der Waals surface area contributed by atoms with E-state index in [4.69, 9.17) is 0 Å². The summed E-state index contributed by atoms with van der Waals surface area (Å²) in [5.41, 5.74) is 12.8. The summed E-state index contributed by atoms with van der Waals surface area (Å²) in [7, 11) is -3.90. The molecule has 9 heteroatoms. The van der Waals surface area contributed by atoms with Crippen LogP contribution in [-0.2, 0) is 9.84 Å². The highest BCUT2D eigenvalue weighted by Crippen LogP contribution is 2.25. The van der Waals surface area contributed by atoms with Crippen molar-refractivity contribution in [2.75, 3.05) is 0 Å². The second-order valence-corrected chi connectivity index (χ2v) is 9.81. The molecule has 0 aliphatic carbocycles. The Morgan fingerprint density at radius 1 is 0.833 bits per heavy atom. The molecular formula is C21H14N4O2S3. The van der Waals surface area contributed by atoms with Gasteiger partial charge in [0, 0.05) is 0 Å². The second kappa shape index (κ2) is 8.64. The summed E-state index contributed by atoms with van der Waals surface area (Å²) < 4.78 is 27.1. The lowest BCUT2D eigenvalue weighted by Crippen LogP contribution is -2.17. The van der Waals surface area contributed by atoms with E-state index < -0.39 is 14.9 Å². The SMILES string of the molecule is [N-]=[N+]=C(c1nc2ccccc2s1)S(=O)(=O)c1ccccc1.c1ccc2scnc2c1. The fraction of sp³-hybridized carbons (Fsp3) is 0. The Morgan fingerprint density at radius 2 is 1.47 bits per heavy atom. The van der Waals surface area contributed by atoms with E-state index in [9.17, 15) is 13.9 Å². The van der Waals surface area contributed by atoms with Gasteiger partial charge in [-0.05, 0) is 36.4 Å². The number of para-hydroxylation sites is 2. The van der Waals surface area contributed by atoms with E-state index in [-0.39, 0.29) is 9.90 Å². The largest absolute Gasteiger partial charge is 0.445 e. The number of nitrogens with zero attached hydrogens (tertiary/aromatic N) is 4. The molecule has 0 saturated heterocycles. The lowest BCUT2D eigenvalue weighted by molar-refractivity contribution is 0.000601. The Labute approximate surface area is 180 Å². The number of benzene rings is 3. The first-order valence-electron chi connectivity index (χ1n) is 8.76. The normalized spacial score (nSPS) is 10.9. The average Bonchev–Trinajstić information content (AvgIpc) is 3.42. The van der Waals surface area contributed by atoms with Crippen LogP contribution in [0.25, 0.3) is 26.0 Å². The molecule has 0 bridgehead atoms. The minimum absolute atomic E-state index is 0.0667. The molecular weight excluding hydrogens is 436 g/mol. The molecule has 148 valence electrons. The number of rotatable bonds is 2. The van der Waals surface area contributed by atoms with Crippen molar-refractivity contribution in [3.8, 4) is 0 Å². The molecule has 5 rings (SSSR count). The van der Waals surface area contributed by atoms with Crippen molar-refractivity contribution in [3.63, 3.8) is 0 Å². The Morgan fingerprint density at radius 3 is 2.13 bits per heavy atom. The molecule has 5 aromatic rings. The zero-order chi connectivity index (χ0) is 21.0. The fourth-order valence-electron chi connectivity index (χ4n) is 2.69. The minimum Gasteiger partial charge on any atom is -0.360 e. The van der Waals surface area contributed by atoms with Gasteiger partial charge in [0.2, 0.25) is 5.01 Å². The summed E-state index contributed by atoms with van der Waals surface area (Å²) in [4.78, 5) is 11.4. The second-order valence-electron chi connectivity index (χ2n) is 6.03. The Kier molecular flexibility index (Phi) is 5.78. The highest BCUT2D eigenvalue weighted by molar-refractivity contribution is 8.07. The van der Waals surface area contributed by atoms with Crippen molar-refractivity contribution in [2.24, 2.45) is 0 Å². The van der Waals surface area contributed by atoms with Gasteiger partial charge in [-0.2, -0.15) is 0 Å². The maximum Gasteiger partial charge on any atom is 0.445 e. The molecule has 6 nitrogen and oxygen atoms in total. The summed E-state index contributed by atoms with van der Waals surface area (Å²) in [6.45, 7) is 0. The van der Waals surface area contributed by atoms with Crippen molar-refractivity contribution in [1.29, 1.82) is 0 Å². The third-order valence-electron chi connectivity index (χ3n) is 4.11. The van der Waals surface area contributed by atoms with Crippen molar-refractivity contribution >= 4 is 58.0 Å². The van der Waals surface area contributed by atoms with Crippen LogP contribution in [0.3, 0.4) is 0 Å². The van der Waals surface area contributed by atoms with Crippen LogP contribution < -0.4 is 0 Å². The first-order valence-corrected chi connectivity index (χ1v) is 11.9. The molecule has 0 aliphatic rings. The van der Waals surface area contributed by atoms with Gasteiger partial charge < -0.3 is 5.53 Å². The van der Waals surface area contributed by atoms with E-state index in [0.29, 0.717) is 5.52 Å². The maximum absolute atomic E-state index is 12.5. The number of sulfone groups is 1. The van der Waals surface area contributed by atoms with Gasteiger partial charge in [0.15, 0.2) is 0 Å². The highest BCUT2D eigenvalue weighted by Gasteiger charge is 2.35. The van der Waals surface area contributed by atoms with Crippen LogP contribution >= 0.6 is 22.7 Å². The summed E-state index contributed by atoms with van der Waals surface area (Å²) in [6, 6.07) is 23.2. The molecule has 0 atom stereocenters. The molecule has 0 unspecified atom stereocenters. The lowest BCUT2D eigenvalue weighted by Gasteiger charge is -1.97. The molecule has 2 aromatic heterocycles. The van der Waals surface area contributed by atoms with Gasteiger partial charge in [-0.25, -0.2) is 18.4 Å². The van der Waals surface area contributed by atoms with Crippen LogP contribution in [0.1, 0.15) is 5.01 Å². The molecule has 0 N–H and O–H groups in total. The zero-order valence-corrected chi connectivity index (χ0v) is 17.9. The van der Waals surface area contributed by atoms with Gasteiger partial charge in [-0.15, -0.1) is 27.5 Å². The summed E-state index contributed by atoms with van der Waals surface area (Å²) >= 11 is 2.85. The summed E-state index contributed by atoms with van der Waals surface area (Å²) in [6.07, 6.45) is 0. The van der Waals surface area contributed by atoms with Crippen LogP contribution in [0, 0.1) is 0 Å². The van der Waals surface area contributed by atoms with E-state index in [2.05, 4.69) is 20.8 Å². The van der Waals surface area contributed by atoms with Gasteiger partial charge in [0.25, 0.3) is 9.84 Å². The third kappa shape index (κ3) is 4.05. The molecule has 2 heterocycles. The van der Waals surface area contributed by atoms with Crippen LogP contribution in [0.2, 0.25) is 0 Å². The molecule has 0 saturated carbocycles. The number of hydrogen-bond acceptors (Lipinski definition) is 6. The third-order valence-corrected chi connectivity index (χ3v) is 7.77. The molecule has 0 amide bonds. The van der Waals surface area contributed by atoms with Gasteiger partial charge in [-0.1, -0.05) is 42.5 Å². The summed E-state index contributed by atoms with van der Waals surface area (Å²) in [5.74, 6) is 0. The number of hydrogen-bond donors (Lipinski definition) is 0.